The minimum absolute atomic E-state index is 0.0626. The Morgan fingerprint density at radius 3 is 2.32 bits per heavy atom. The van der Waals surface area contributed by atoms with Crippen LogP contribution in [0.2, 0.25) is 0 Å². The molecule has 0 spiro atoms. The van der Waals surface area contributed by atoms with Gasteiger partial charge in [0.25, 0.3) is 5.91 Å². The lowest BCUT2D eigenvalue weighted by Gasteiger charge is -2.08. The molecule has 0 aliphatic carbocycles. The molecule has 0 unspecified atom stereocenters. The van der Waals surface area contributed by atoms with Gasteiger partial charge in [0.15, 0.2) is 5.78 Å². The lowest BCUT2D eigenvalue weighted by Crippen LogP contribution is -2.14. The fourth-order valence-electron chi connectivity index (χ4n) is 2.37. The lowest BCUT2D eigenvalue weighted by atomic mass is 10.00. The molecule has 3 heteroatoms. The van der Waals surface area contributed by atoms with E-state index in [0.717, 1.165) is 5.56 Å². The van der Waals surface area contributed by atoms with Crippen molar-refractivity contribution in [1.29, 1.82) is 0 Å². The van der Waals surface area contributed by atoms with Gasteiger partial charge in [-0.2, -0.15) is 0 Å². The summed E-state index contributed by atoms with van der Waals surface area (Å²) in [5, 5.41) is 2.83. The maximum Gasteiger partial charge on any atom is 0.255 e. The molecule has 19 heavy (non-hydrogen) atoms. The smallest absolute Gasteiger partial charge is 0.255 e. The number of aryl methyl sites for hydroxylation is 1. The third kappa shape index (κ3) is 2.15. The molecular weight excluding hydrogens is 238 g/mol. The van der Waals surface area contributed by atoms with Crippen LogP contribution in [0.15, 0.2) is 48.5 Å². The Balaban J connectivity index is 2.11. The minimum Gasteiger partial charge on any atom is -0.321 e. The summed E-state index contributed by atoms with van der Waals surface area (Å²) in [6.45, 7) is 0. The molecule has 2 aromatic rings. The van der Waals surface area contributed by atoms with E-state index in [1.54, 1.807) is 18.2 Å². The number of carbonyl (C=O) groups is 2. The molecular formula is C16H13NO2. The van der Waals surface area contributed by atoms with Gasteiger partial charge in [-0.3, -0.25) is 9.59 Å². The largest absolute Gasteiger partial charge is 0.321 e. The van der Waals surface area contributed by atoms with E-state index in [9.17, 15) is 9.59 Å². The quantitative estimate of drug-likeness (QED) is 0.782. The molecule has 1 amide bonds. The monoisotopic (exact) mass is 251 g/mol. The van der Waals surface area contributed by atoms with Crippen LogP contribution in [0.5, 0.6) is 0 Å². The summed E-state index contributed by atoms with van der Waals surface area (Å²) in [5.41, 5.74) is 2.74. The molecule has 0 fully saturated rings. The van der Waals surface area contributed by atoms with Gasteiger partial charge >= 0.3 is 0 Å². The first-order chi connectivity index (χ1) is 9.25. The molecule has 0 radical (unpaired) electrons. The Labute approximate surface area is 111 Å². The van der Waals surface area contributed by atoms with E-state index in [0.29, 0.717) is 29.7 Å². The normalized spacial score (nSPS) is 14.5. The zero-order chi connectivity index (χ0) is 13.2. The summed E-state index contributed by atoms with van der Waals surface area (Å²) in [4.78, 5) is 24.4. The molecule has 1 heterocycles. The molecule has 1 aliphatic rings. The second-order valence-corrected chi connectivity index (χ2v) is 4.58. The molecule has 94 valence electrons. The molecule has 1 aliphatic heterocycles. The van der Waals surface area contributed by atoms with Crippen LogP contribution in [-0.4, -0.2) is 11.7 Å². The number of fused-ring (bicyclic) bond motifs is 2. The number of hydrogen-bond donors (Lipinski definition) is 1. The molecule has 0 aromatic heterocycles. The minimum atomic E-state index is -0.155. The molecule has 0 saturated heterocycles. The molecule has 2 aromatic carbocycles. The van der Waals surface area contributed by atoms with Crippen LogP contribution in [0.1, 0.15) is 32.7 Å². The summed E-state index contributed by atoms with van der Waals surface area (Å²) >= 11 is 0. The number of hydrogen-bond acceptors (Lipinski definition) is 2. The maximum atomic E-state index is 12.3. The number of amides is 1. The number of Topliss-reactive ketones (excluding diaryl/α,β-unsaturated/α-hetero) is 1. The Morgan fingerprint density at radius 1 is 0.789 bits per heavy atom. The van der Waals surface area contributed by atoms with Crippen molar-refractivity contribution >= 4 is 17.4 Å². The van der Waals surface area contributed by atoms with Gasteiger partial charge in [-0.25, -0.2) is 0 Å². The average molecular weight is 251 g/mol. The van der Waals surface area contributed by atoms with Crippen LogP contribution in [0.4, 0.5) is 5.69 Å². The number of nitrogens with one attached hydrogen (secondary N) is 1. The molecule has 0 atom stereocenters. The Kier molecular flexibility index (Phi) is 2.88. The molecule has 0 saturated carbocycles. The van der Waals surface area contributed by atoms with E-state index >= 15 is 0 Å². The van der Waals surface area contributed by atoms with Crippen LogP contribution in [0.25, 0.3) is 0 Å². The number of rotatable bonds is 0. The van der Waals surface area contributed by atoms with Gasteiger partial charge in [0.2, 0.25) is 0 Å². The van der Waals surface area contributed by atoms with Gasteiger partial charge in [0, 0.05) is 17.5 Å². The second kappa shape index (κ2) is 4.69. The average Bonchev–Trinajstić information content (AvgIpc) is 2.49. The van der Waals surface area contributed by atoms with Crippen molar-refractivity contribution in [3.63, 3.8) is 0 Å². The van der Waals surface area contributed by atoms with E-state index < -0.39 is 0 Å². The van der Waals surface area contributed by atoms with Crippen molar-refractivity contribution in [1.82, 2.24) is 0 Å². The van der Waals surface area contributed by atoms with Gasteiger partial charge in [-0.05, 0) is 30.2 Å². The summed E-state index contributed by atoms with van der Waals surface area (Å²) in [6, 6.07) is 14.6. The summed E-state index contributed by atoms with van der Waals surface area (Å²) in [5.74, 6) is -0.0923. The highest BCUT2D eigenvalue weighted by Crippen LogP contribution is 2.22. The van der Waals surface area contributed by atoms with Crippen LogP contribution in [0, 0.1) is 0 Å². The van der Waals surface area contributed by atoms with Crippen LogP contribution < -0.4 is 5.32 Å². The third-order valence-corrected chi connectivity index (χ3v) is 3.36. The highest BCUT2D eigenvalue weighted by Gasteiger charge is 2.19. The highest BCUT2D eigenvalue weighted by atomic mass is 16.2. The van der Waals surface area contributed by atoms with Crippen molar-refractivity contribution in [2.45, 2.75) is 12.8 Å². The number of ketones is 1. The van der Waals surface area contributed by atoms with E-state index in [1.165, 1.54) is 0 Å². The Bertz CT molecular complexity index is 661. The van der Waals surface area contributed by atoms with E-state index in [1.807, 2.05) is 30.3 Å². The zero-order valence-corrected chi connectivity index (χ0v) is 10.3. The first kappa shape index (κ1) is 11.7. The summed E-state index contributed by atoms with van der Waals surface area (Å²) < 4.78 is 0. The lowest BCUT2D eigenvalue weighted by molar-refractivity contribution is 0.0982. The number of carbonyl (C=O) groups excluding carboxylic acids is 2. The number of benzene rings is 2. The SMILES string of the molecule is O=C1Nc2ccccc2C(=O)CCc2ccccc21. The van der Waals surface area contributed by atoms with Gasteiger partial charge in [-0.15, -0.1) is 0 Å². The Morgan fingerprint density at radius 2 is 1.47 bits per heavy atom. The highest BCUT2D eigenvalue weighted by molar-refractivity contribution is 6.11. The Hall–Kier alpha value is -2.42. The summed E-state index contributed by atoms with van der Waals surface area (Å²) in [6.07, 6.45) is 1.01. The predicted octanol–water partition coefficient (Wildman–Crippen LogP) is 3.07. The topological polar surface area (TPSA) is 46.2 Å². The standard InChI is InChI=1S/C16H13NO2/c18-15-10-9-11-5-1-2-6-12(11)16(19)17-14-8-4-3-7-13(14)15/h1-8H,9-10H2,(H,17,19). The second-order valence-electron chi connectivity index (χ2n) is 4.58. The molecule has 0 bridgehead atoms. The van der Waals surface area contributed by atoms with Crippen LogP contribution >= 0.6 is 0 Å². The third-order valence-electron chi connectivity index (χ3n) is 3.36. The van der Waals surface area contributed by atoms with Gasteiger partial charge in [0.1, 0.15) is 0 Å². The molecule has 1 N–H and O–H groups in total. The fourth-order valence-corrected chi connectivity index (χ4v) is 2.37. The number of para-hydroxylation sites is 1. The fraction of sp³-hybridized carbons (Fsp3) is 0.125. The van der Waals surface area contributed by atoms with E-state index in [4.69, 9.17) is 0 Å². The van der Waals surface area contributed by atoms with E-state index in [2.05, 4.69) is 5.32 Å². The molecule has 3 rings (SSSR count). The first-order valence-electron chi connectivity index (χ1n) is 6.27. The molecule has 3 nitrogen and oxygen atoms in total. The zero-order valence-electron chi connectivity index (χ0n) is 10.3. The van der Waals surface area contributed by atoms with Gasteiger partial charge in [0.05, 0.1) is 5.69 Å². The maximum absolute atomic E-state index is 12.3. The number of anilines is 1. The predicted molar refractivity (Wildman–Crippen MR) is 73.5 cm³/mol. The van der Waals surface area contributed by atoms with Crippen LogP contribution in [0.3, 0.4) is 0 Å². The van der Waals surface area contributed by atoms with E-state index in [-0.39, 0.29) is 11.7 Å². The first-order valence-corrected chi connectivity index (χ1v) is 6.27. The van der Waals surface area contributed by atoms with Crippen molar-refractivity contribution in [2.75, 3.05) is 5.32 Å². The van der Waals surface area contributed by atoms with Crippen molar-refractivity contribution in [3.8, 4) is 0 Å². The van der Waals surface area contributed by atoms with Gasteiger partial charge < -0.3 is 5.32 Å². The van der Waals surface area contributed by atoms with Crippen molar-refractivity contribution in [2.24, 2.45) is 0 Å². The van der Waals surface area contributed by atoms with Gasteiger partial charge in [-0.1, -0.05) is 30.3 Å². The van der Waals surface area contributed by atoms with Crippen molar-refractivity contribution in [3.05, 3.63) is 65.2 Å². The van der Waals surface area contributed by atoms with Crippen molar-refractivity contribution < 1.29 is 9.59 Å². The van der Waals surface area contributed by atoms with Crippen LogP contribution in [-0.2, 0) is 6.42 Å². The summed E-state index contributed by atoms with van der Waals surface area (Å²) in [7, 11) is 0.